The molecule has 0 bridgehead atoms. The first-order valence-electron chi connectivity index (χ1n) is 7.60. The zero-order valence-electron chi connectivity index (χ0n) is 13.5. The van der Waals surface area contributed by atoms with Crippen molar-refractivity contribution in [3.8, 4) is 0 Å². The SMILES string of the molecule is COC[C@@H](C)N1C[C@@H](C(=O)N(C)Cc2ccccc2)CC1=O. The highest BCUT2D eigenvalue weighted by atomic mass is 16.5. The molecular weight excluding hydrogens is 280 g/mol. The fourth-order valence-corrected chi connectivity index (χ4v) is 2.90. The highest BCUT2D eigenvalue weighted by molar-refractivity contribution is 5.89. The summed E-state index contributed by atoms with van der Waals surface area (Å²) in [5, 5.41) is 0. The minimum atomic E-state index is -0.250. The molecule has 1 aliphatic heterocycles. The minimum absolute atomic E-state index is 0.00901. The summed E-state index contributed by atoms with van der Waals surface area (Å²) < 4.78 is 5.10. The Labute approximate surface area is 131 Å². The molecular formula is C17H24N2O3. The largest absolute Gasteiger partial charge is 0.383 e. The molecule has 2 rings (SSSR count). The van der Waals surface area contributed by atoms with Crippen LogP contribution >= 0.6 is 0 Å². The van der Waals surface area contributed by atoms with Crippen molar-refractivity contribution in [3.05, 3.63) is 35.9 Å². The molecule has 1 heterocycles. The van der Waals surface area contributed by atoms with Gasteiger partial charge >= 0.3 is 0 Å². The minimum Gasteiger partial charge on any atom is -0.383 e. The van der Waals surface area contributed by atoms with Gasteiger partial charge in [0.25, 0.3) is 0 Å². The van der Waals surface area contributed by atoms with E-state index in [1.165, 1.54) is 0 Å². The normalized spacial score (nSPS) is 19.3. The monoisotopic (exact) mass is 304 g/mol. The lowest BCUT2D eigenvalue weighted by atomic mass is 10.1. The van der Waals surface area contributed by atoms with Crippen LogP contribution in [0.15, 0.2) is 30.3 Å². The second kappa shape index (κ2) is 7.40. The van der Waals surface area contributed by atoms with Crippen molar-refractivity contribution in [2.24, 2.45) is 5.92 Å². The summed E-state index contributed by atoms with van der Waals surface area (Å²) in [5.74, 6) is -0.180. The summed E-state index contributed by atoms with van der Waals surface area (Å²) in [6, 6.07) is 9.88. The molecule has 2 atom stereocenters. The van der Waals surface area contributed by atoms with Crippen LogP contribution in [0.5, 0.6) is 0 Å². The van der Waals surface area contributed by atoms with Crippen molar-refractivity contribution in [1.82, 2.24) is 9.80 Å². The molecule has 0 radical (unpaired) electrons. The maximum absolute atomic E-state index is 12.5. The number of benzene rings is 1. The van der Waals surface area contributed by atoms with E-state index in [9.17, 15) is 9.59 Å². The van der Waals surface area contributed by atoms with Crippen LogP contribution < -0.4 is 0 Å². The van der Waals surface area contributed by atoms with Crippen LogP contribution in [0.4, 0.5) is 0 Å². The smallest absolute Gasteiger partial charge is 0.228 e. The molecule has 0 N–H and O–H groups in total. The van der Waals surface area contributed by atoms with Gasteiger partial charge in [-0.25, -0.2) is 0 Å². The zero-order chi connectivity index (χ0) is 16.1. The van der Waals surface area contributed by atoms with E-state index < -0.39 is 0 Å². The van der Waals surface area contributed by atoms with Gasteiger partial charge in [0, 0.05) is 33.7 Å². The molecule has 0 aromatic heterocycles. The van der Waals surface area contributed by atoms with Crippen LogP contribution in [-0.2, 0) is 20.9 Å². The van der Waals surface area contributed by atoms with E-state index >= 15 is 0 Å². The van der Waals surface area contributed by atoms with Gasteiger partial charge in [-0.05, 0) is 12.5 Å². The summed E-state index contributed by atoms with van der Waals surface area (Å²) in [4.78, 5) is 28.1. The summed E-state index contributed by atoms with van der Waals surface area (Å²) in [5.41, 5.74) is 1.09. The zero-order valence-corrected chi connectivity index (χ0v) is 13.5. The number of hydrogen-bond donors (Lipinski definition) is 0. The summed E-state index contributed by atoms with van der Waals surface area (Å²) >= 11 is 0. The van der Waals surface area contributed by atoms with Gasteiger partial charge < -0.3 is 14.5 Å². The lowest BCUT2D eigenvalue weighted by molar-refractivity contribution is -0.135. The van der Waals surface area contributed by atoms with Crippen LogP contribution in [0.3, 0.4) is 0 Å². The molecule has 0 unspecified atom stereocenters. The van der Waals surface area contributed by atoms with Crippen LogP contribution in [0.25, 0.3) is 0 Å². The molecule has 1 saturated heterocycles. The van der Waals surface area contributed by atoms with E-state index in [4.69, 9.17) is 4.74 Å². The Morgan fingerprint density at radius 2 is 2.09 bits per heavy atom. The van der Waals surface area contributed by atoms with Crippen LogP contribution in [-0.4, -0.2) is 55.0 Å². The number of hydrogen-bond acceptors (Lipinski definition) is 3. The molecule has 2 amide bonds. The molecule has 1 aromatic carbocycles. The fourth-order valence-electron chi connectivity index (χ4n) is 2.90. The number of ether oxygens (including phenoxy) is 1. The second-order valence-corrected chi connectivity index (χ2v) is 5.93. The number of carbonyl (C=O) groups excluding carboxylic acids is 2. The average Bonchev–Trinajstić information content (AvgIpc) is 2.89. The maximum Gasteiger partial charge on any atom is 0.228 e. The van der Waals surface area contributed by atoms with Crippen molar-refractivity contribution >= 4 is 11.8 Å². The average molecular weight is 304 g/mol. The Bertz CT molecular complexity index is 518. The molecule has 5 heteroatoms. The third-order valence-electron chi connectivity index (χ3n) is 4.09. The first-order valence-corrected chi connectivity index (χ1v) is 7.60. The Kier molecular flexibility index (Phi) is 5.55. The summed E-state index contributed by atoms with van der Waals surface area (Å²) in [6.07, 6.45) is 0.298. The summed E-state index contributed by atoms with van der Waals surface area (Å²) in [6.45, 7) is 3.49. The van der Waals surface area contributed by atoms with Crippen molar-refractivity contribution in [2.45, 2.75) is 25.9 Å². The first kappa shape index (κ1) is 16.5. The third-order valence-corrected chi connectivity index (χ3v) is 4.09. The van der Waals surface area contributed by atoms with Crippen LogP contribution in [0.1, 0.15) is 18.9 Å². The van der Waals surface area contributed by atoms with E-state index in [2.05, 4.69) is 0 Å². The van der Waals surface area contributed by atoms with Gasteiger partial charge in [0.1, 0.15) is 0 Å². The number of methoxy groups -OCH3 is 1. The van der Waals surface area contributed by atoms with Crippen molar-refractivity contribution < 1.29 is 14.3 Å². The van der Waals surface area contributed by atoms with Gasteiger partial charge in [-0.3, -0.25) is 9.59 Å². The topological polar surface area (TPSA) is 49.9 Å². The quantitative estimate of drug-likeness (QED) is 0.801. The number of likely N-dealkylation sites (tertiary alicyclic amines) is 1. The van der Waals surface area contributed by atoms with Gasteiger partial charge in [0.05, 0.1) is 18.6 Å². The molecule has 5 nitrogen and oxygen atoms in total. The second-order valence-electron chi connectivity index (χ2n) is 5.93. The lowest BCUT2D eigenvalue weighted by Crippen LogP contribution is -2.39. The Balaban J connectivity index is 1.94. The molecule has 1 fully saturated rings. The van der Waals surface area contributed by atoms with E-state index in [-0.39, 0.29) is 23.8 Å². The van der Waals surface area contributed by atoms with Crippen LogP contribution in [0.2, 0.25) is 0 Å². The Morgan fingerprint density at radius 3 is 2.73 bits per heavy atom. The molecule has 120 valence electrons. The van der Waals surface area contributed by atoms with Crippen LogP contribution in [0, 0.1) is 5.92 Å². The van der Waals surface area contributed by atoms with Gasteiger partial charge in [0.2, 0.25) is 11.8 Å². The van der Waals surface area contributed by atoms with E-state index in [1.54, 1.807) is 24.0 Å². The predicted molar refractivity (Wildman–Crippen MR) is 84.1 cm³/mol. The van der Waals surface area contributed by atoms with Gasteiger partial charge in [-0.1, -0.05) is 30.3 Å². The standard InChI is InChI=1S/C17H24N2O3/c1-13(12-22-3)19-11-15(9-16(19)20)17(21)18(2)10-14-7-5-4-6-8-14/h4-8,13,15H,9-12H2,1-3H3/t13-,15+/m1/s1. The van der Waals surface area contributed by atoms with E-state index in [0.29, 0.717) is 26.1 Å². The number of nitrogens with zero attached hydrogens (tertiary/aromatic N) is 2. The van der Waals surface area contributed by atoms with E-state index in [1.807, 2.05) is 37.3 Å². The highest BCUT2D eigenvalue weighted by Gasteiger charge is 2.37. The summed E-state index contributed by atoms with van der Waals surface area (Å²) in [7, 11) is 3.41. The molecule has 1 aromatic rings. The number of carbonyl (C=O) groups is 2. The molecule has 22 heavy (non-hydrogen) atoms. The lowest BCUT2D eigenvalue weighted by Gasteiger charge is -2.25. The maximum atomic E-state index is 12.5. The number of amides is 2. The fraction of sp³-hybridized carbons (Fsp3) is 0.529. The molecule has 0 saturated carbocycles. The third kappa shape index (κ3) is 3.85. The van der Waals surface area contributed by atoms with Gasteiger partial charge in [0.15, 0.2) is 0 Å². The van der Waals surface area contributed by atoms with Crippen molar-refractivity contribution in [3.63, 3.8) is 0 Å². The van der Waals surface area contributed by atoms with Crippen molar-refractivity contribution in [2.75, 3.05) is 27.3 Å². The first-order chi connectivity index (χ1) is 10.5. The Hall–Kier alpha value is -1.88. The molecule has 0 spiro atoms. The number of rotatable bonds is 6. The Morgan fingerprint density at radius 1 is 1.41 bits per heavy atom. The molecule has 1 aliphatic rings. The predicted octanol–water partition coefficient (Wildman–Crippen LogP) is 1.53. The highest BCUT2D eigenvalue weighted by Crippen LogP contribution is 2.22. The van der Waals surface area contributed by atoms with Gasteiger partial charge in [-0.15, -0.1) is 0 Å². The van der Waals surface area contributed by atoms with E-state index in [0.717, 1.165) is 5.56 Å². The van der Waals surface area contributed by atoms with Crippen molar-refractivity contribution in [1.29, 1.82) is 0 Å². The molecule has 0 aliphatic carbocycles. The van der Waals surface area contributed by atoms with Gasteiger partial charge in [-0.2, -0.15) is 0 Å².